The summed E-state index contributed by atoms with van der Waals surface area (Å²) >= 11 is 3.26. The van der Waals surface area contributed by atoms with Gasteiger partial charge < -0.3 is 5.11 Å². The largest absolute Gasteiger partial charge is 0.389 e. The van der Waals surface area contributed by atoms with Crippen molar-refractivity contribution >= 4 is 27.7 Å². The van der Waals surface area contributed by atoms with Crippen molar-refractivity contribution < 1.29 is 14.7 Å². The van der Waals surface area contributed by atoms with Crippen LogP contribution in [0.1, 0.15) is 24.2 Å². The highest BCUT2D eigenvalue weighted by Crippen LogP contribution is 2.15. The lowest BCUT2D eigenvalue weighted by molar-refractivity contribution is -0.121. The van der Waals surface area contributed by atoms with E-state index in [-0.39, 0.29) is 6.54 Å². The zero-order chi connectivity index (χ0) is 15.3. The van der Waals surface area contributed by atoms with Crippen LogP contribution in [-0.2, 0) is 4.79 Å². The highest BCUT2D eigenvalue weighted by molar-refractivity contribution is 9.10. The summed E-state index contributed by atoms with van der Waals surface area (Å²) in [6, 6.07) is 6.89. The summed E-state index contributed by atoms with van der Waals surface area (Å²) in [5.41, 5.74) is -0.479. The number of carbonyl (C=O) groups is 2. The van der Waals surface area contributed by atoms with Gasteiger partial charge in [-0.1, -0.05) is 12.1 Å². The first-order chi connectivity index (χ1) is 9.19. The zero-order valence-corrected chi connectivity index (χ0v) is 13.4. The maximum absolute atomic E-state index is 11.9. The zero-order valence-electron chi connectivity index (χ0n) is 11.8. The first kappa shape index (κ1) is 16.8. The molecule has 0 aromatic heterocycles. The molecule has 0 fully saturated rings. The molecule has 0 saturated heterocycles. The molecule has 2 N–H and O–H groups in total. The Balaban J connectivity index is 2.55. The van der Waals surface area contributed by atoms with Crippen molar-refractivity contribution in [3.8, 4) is 0 Å². The van der Waals surface area contributed by atoms with E-state index in [1.165, 1.54) is 0 Å². The molecule has 1 rings (SSSR count). The summed E-state index contributed by atoms with van der Waals surface area (Å²) in [6.45, 7) is 3.70. The molecule has 1 aromatic carbocycles. The fraction of sp³-hybridized carbons (Fsp3) is 0.429. The minimum absolute atomic E-state index is 0.0418. The van der Waals surface area contributed by atoms with Crippen molar-refractivity contribution in [3.05, 3.63) is 34.3 Å². The molecule has 5 nitrogen and oxygen atoms in total. The molecule has 0 aliphatic carbocycles. The van der Waals surface area contributed by atoms with Gasteiger partial charge in [0, 0.05) is 11.0 Å². The fourth-order valence-corrected chi connectivity index (χ4v) is 2.31. The molecule has 0 saturated carbocycles. The lowest BCUT2D eigenvalue weighted by Gasteiger charge is -2.24. The molecule has 0 radical (unpaired) electrons. The topological polar surface area (TPSA) is 69.6 Å². The van der Waals surface area contributed by atoms with E-state index in [0.29, 0.717) is 16.6 Å². The second-order valence-corrected chi connectivity index (χ2v) is 6.20. The molecule has 0 bridgehead atoms. The van der Waals surface area contributed by atoms with Gasteiger partial charge >= 0.3 is 0 Å². The molecule has 110 valence electrons. The van der Waals surface area contributed by atoms with E-state index in [4.69, 9.17) is 0 Å². The molecule has 0 atom stereocenters. The number of nitrogens with one attached hydrogen (secondary N) is 1. The second kappa shape index (κ2) is 6.97. The SMILES string of the molecule is CN(CC(=O)NC(=O)c1ccccc1Br)CC(C)(C)O. The number of hydrogen-bond donors (Lipinski definition) is 2. The van der Waals surface area contributed by atoms with Crippen molar-refractivity contribution in [2.45, 2.75) is 19.4 Å². The Labute approximate surface area is 127 Å². The Kier molecular flexibility index (Phi) is 5.86. The van der Waals surface area contributed by atoms with Crippen molar-refractivity contribution in [1.29, 1.82) is 0 Å². The normalized spacial score (nSPS) is 11.5. The lowest BCUT2D eigenvalue weighted by Crippen LogP contribution is -2.43. The molecule has 6 heteroatoms. The van der Waals surface area contributed by atoms with Crippen LogP contribution in [-0.4, -0.2) is 47.6 Å². The summed E-state index contributed by atoms with van der Waals surface area (Å²) in [6.07, 6.45) is 0. The summed E-state index contributed by atoms with van der Waals surface area (Å²) in [7, 11) is 1.71. The van der Waals surface area contributed by atoms with E-state index in [1.54, 1.807) is 50.1 Å². The molecule has 0 aliphatic heterocycles. The highest BCUT2D eigenvalue weighted by atomic mass is 79.9. The van der Waals surface area contributed by atoms with Crippen molar-refractivity contribution in [2.24, 2.45) is 0 Å². The van der Waals surface area contributed by atoms with E-state index in [0.717, 1.165) is 0 Å². The summed E-state index contributed by atoms with van der Waals surface area (Å²) < 4.78 is 0.634. The van der Waals surface area contributed by atoms with Crippen LogP contribution in [0.15, 0.2) is 28.7 Å². The minimum Gasteiger partial charge on any atom is -0.389 e. The van der Waals surface area contributed by atoms with Gasteiger partial charge in [-0.15, -0.1) is 0 Å². The van der Waals surface area contributed by atoms with Crippen LogP contribution in [0.3, 0.4) is 0 Å². The monoisotopic (exact) mass is 342 g/mol. The molecular formula is C14H19BrN2O3. The number of aliphatic hydroxyl groups is 1. The second-order valence-electron chi connectivity index (χ2n) is 5.34. The first-order valence-electron chi connectivity index (χ1n) is 6.18. The number of nitrogens with zero attached hydrogens (tertiary/aromatic N) is 1. The molecule has 1 aromatic rings. The predicted molar refractivity (Wildman–Crippen MR) is 80.4 cm³/mol. The third kappa shape index (κ3) is 5.81. The van der Waals surface area contributed by atoms with Crippen LogP contribution in [0.25, 0.3) is 0 Å². The Morgan fingerprint density at radius 2 is 1.95 bits per heavy atom. The number of rotatable bonds is 5. The Morgan fingerprint density at radius 3 is 2.50 bits per heavy atom. The molecular weight excluding hydrogens is 324 g/mol. The van der Waals surface area contributed by atoms with Gasteiger partial charge in [-0.25, -0.2) is 0 Å². The molecule has 20 heavy (non-hydrogen) atoms. The lowest BCUT2D eigenvalue weighted by atomic mass is 10.1. The predicted octanol–water partition coefficient (Wildman–Crippen LogP) is 1.41. The van der Waals surface area contributed by atoms with E-state index >= 15 is 0 Å². The van der Waals surface area contributed by atoms with Gasteiger partial charge in [-0.05, 0) is 49.0 Å². The number of benzene rings is 1. The van der Waals surface area contributed by atoms with Crippen LogP contribution in [0.5, 0.6) is 0 Å². The third-order valence-corrected chi connectivity index (χ3v) is 3.13. The molecule has 0 unspecified atom stereocenters. The van der Waals surface area contributed by atoms with E-state index in [9.17, 15) is 14.7 Å². The number of halogens is 1. The molecule has 0 heterocycles. The Morgan fingerprint density at radius 1 is 1.35 bits per heavy atom. The van der Waals surface area contributed by atoms with E-state index < -0.39 is 17.4 Å². The summed E-state index contributed by atoms with van der Waals surface area (Å²) in [5, 5.41) is 12.0. The summed E-state index contributed by atoms with van der Waals surface area (Å²) in [5.74, 6) is -0.850. The first-order valence-corrected chi connectivity index (χ1v) is 6.98. The number of imide groups is 1. The van der Waals surface area contributed by atoms with Crippen LogP contribution >= 0.6 is 15.9 Å². The van der Waals surface area contributed by atoms with Crippen LogP contribution in [0.2, 0.25) is 0 Å². The molecule has 0 aliphatic rings. The van der Waals surface area contributed by atoms with Gasteiger partial charge in [-0.2, -0.15) is 0 Å². The van der Waals surface area contributed by atoms with E-state index in [2.05, 4.69) is 21.2 Å². The van der Waals surface area contributed by atoms with Gasteiger partial charge in [-0.3, -0.25) is 19.8 Å². The average molecular weight is 343 g/mol. The highest BCUT2D eigenvalue weighted by Gasteiger charge is 2.19. The maximum atomic E-state index is 11.9. The smallest absolute Gasteiger partial charge is 0.259 e. The average Bonchev–Trinajstić information content (AvgIpc) is 2.25. The van der Waals surface area contributed by atoms with E-state index in [1.807, 2.05) is 0 Å². The number of hydrogen-bond acceptors (Lipinski definition) is 4. The maximum Gasteiger partial charge on any atom is 0.259 e. The third-order valence-electron chi connectivity index (χ3n) is 2.44. The van der Waals surface area contributed by atoms with Crippen molar-refractivity contribution in [2.75, 3.05) is 20.1 Å². The standard InChI is InChI=1S/C14H19BrN2O3/c1-14(2,20)9-17(3)8-12(18)16-13(19)10-6-4-5-7-11(10)15/h4-7,20H,8-9H2,1-3H3,(H,16,18,19). The Hall–Kier alpha value is -1.24. The van der Waals surface area contributed by atoms with Crippen LogP contribution < -0.4 is 5.32 Å². The number of likely N-dealkylation sites (N-methyl/N-ethyl adjacent to an activating group) is 1. The quantitative estimate of drug-likeness (QED) is 0.848. The Bertz CT molecular complexity index is 497. The number of carbonyl (C=O) groups excluding carboxylic acids is 2. The van der Waals surface area contributed by atoms with Crippen LogP contribution in [0, 0.1) is 0 Å². The van der Waals surface area contributed by atoms with Gasteiger partial charge in [0.1, 0.15) is 0 Å². The van der Waals surface area contributed by atoms with Crippen molar-refractivity contribution in [3.63, 3.8) is 0 Å². The fourth-order valence-electron chi connectivity index (χ4n) is 1.84. The van der Waals surface area contributed by atoms with Crippen LogP contribution in [0.4, 0.5) is 0 Å². The van der Waals surface area contributed by atoms with Crippen molar-refractivity contribution in [1.82, 2.24) is 10.2 Å². The van der Waals surface area contributed by atoms with Gasteiger partial charge in [0.25, 0.3) is 5.91 Å². The van der Waals surface area contributed by atoms with Gasteiger partial charge in [0.2, 0.25) is 5.91 Å². The van der Waals surface area contributed by atoms with Gasteiger partial charge in [0.15, 0.2) is 0 Å². The molecule has 0 spiro atoms. The summed E-state index contributed by atoms with van der Waals surface area (Å²) in [4.78, 5) is 25.3. The van der Waals surface area contributed by atoms with Gasteiger partial charge in [0.05, 0.1) is 17.7 Å². The number of amides is 2. The molecule has 2 amide bonds. The minimum atomic E-state index is -0.887.